The minimum atomic E-state index is 0.193. The molecule has 1 aromatic carbocycles. The van der Waals surface area contributed by atoms with E-state index >= 15 is 0 Å². The predicted molar refractivity (Wildman–Crippen MR) is 100 cm³/mol. The second-order valence-electron chi connectivity index (χ2n) is 8.37. The summed E-state index contributed by atoms with van der Waals surface area (Å²) in [5.74, 6) is 0.434. The van der Waals surface area contributed by atoms with E-state index in [0.29, 0.717) is 17.9 Å². The SMILES string of the molecule is O=C(Cc1ccc(O)cc1)N1CCC2(CC1)CO[C@@H](CN1CCCC1)C2. The Bertz CT molecular complexity index is 617. The molecule has 1 aromatic rings. The average molecular weight is 358 g/mol. The van der Waals surface area contributed by atoms with Gasteiger partial charge in [0, 0.05) is 19.6 Å². The lowest BCUT2D eigenvalue weighted by Crippen LogP contribution is -2.44. The first kappa shape index (κ1) is 17.8. The molecule has 3 aliphatic heterocycles. The molecular formula is C21H30N2O3. The number of hydrogen-bond acceptors (Lipinski definition) is 4. The molecule has 26 heavy (non-hydrogen) atoms. The van der Waals surface area contributed by atoms with Crippen molar-refractivity contribution in [2.45, 2.75) is 44.6 Å². The van der Waals surface area contributed by atoms with E-state index in [1.165, 1.54) is 25.9 Å². The number of likely N-dealkylation sites (tertiary alicyclic amines) is 2. The normalized spacial score (nSPS) is 25.8. The fraction of sp³-hybridized carbons (Fsp3) is 0.667. The van der Waals surface area contributed by atoms with Gasteiger partial charge in [-0.05, 0) is 68.3 Å². The number of carbonyl (C=O) groups is 1. The van der Waals surface area contributed by atoms with Crippen molar-refractivity contribution in [2.24, 2.45) is 5.41 Å². The largest absolute Gasteiger partial charge is 0.508 e. The Kier molecular flexibility index (Phi) is 5.18. The van der Waals surface area contributed by atoms with E-state index in [-0.39, 0.29) is 11.7 Å². The molecule has 3 heterocycles. The molecule has 0 saturated carbocycles. The summed E-state index contributed by atoms with van der Waals surface area (Å²) in [6.45, 7) is 6.10. The quantitative estimate of drug-likeness (QED) is 0.898. The number of benzene rings is 1. The van der Waals surface area contributed by atoms with Crippen molar-refractivity contribution in [3.8, 4) is 5.75 Å². The molecule has 4 rings (SSSR count). The van der Waals surface area contributed by atoms with Gasteiger partial charge in [-0.25, -0.2) is 0 Å². The molecular weight excluding hydrogens is 328 g/mol. The lowest BCUT2D eigenvalue weighted by Gasteiger charge is -2.38. The zero-order valence-corrected chi connectivity index (χ0v) is 15.5. The van der Waals surface area contributed by atoms with Crippen LogP contribution in [0.4, 0.5) is 0 Å². The standard InChI is InChI=1S/C21H30N2O3/c24-18-5-3-17(4-6-18)13-20(25)23-11-7-21(8-12-23)14-19(26-16-21)15-22-9-1-2-10-22/h3-6,19,24H,1-2,7-16H2/t19-/m1/s1. The Morgan fingerprint density at radius 2 is 1.81 bits per heavy atom. The van der Waals surface area contributed by atoms with Gasteiger partial charge in [0.05, 0.1) is 19.1 Å². The van der Waals surface area contributed by atoms with Gasteiger partial charge in [0.15, 0.2) is 0 Å². The third kappa shape index (κ3) is 4.04. The minimum absolute atomic E-state index is 0.193. The summed E-state index contributed by atoms with van der Waals surface area (Å²) in [6.07, 6.45) is 6.74. The van der Waals surface area contributed by atoms with Crippen LogP contribution in [0, 0.1) is 5.41 Å². The number of ether oxygens (including phenoxy) is 1. The number of rotatable bonds is 4. The van der Waals surface area contributed by atoms with Gasteiger partial charge in [-0.2, -0.15) is 0 Å². The molecule has 1 atom stereocenters. The van der Waals surface area contributed by atoms with Crippen LogP contribution in [-0.4, -0.2) is 66.2 Å². The number of carbonyl (C=O) groups excluding carboxylic acids is 1. The van der Waals surface area contributed by atoms with Gasteiger partial charge in [-0.15, -0.1) is 0 Å². The van der Waals surface area contributed by atoms with Gasteiger partial charge in [-0.3, -0.25) is 4.79 Å². The zero-order valence-electron chi connectivity index (χ0n) is 15.5. The number of amides is 1. The van der Waals surface area contributed by atoms with Crippen molar-refractivity contribution in [1.82, 2.24) is 9.80 Å². The molecule has 3 fully saturated rings. The van der Waals surface area contributed by atoms with Crippen molar-refractivity contribution in [1.29, 1.82) is 0 Å². The molecule has 0 aliphatic carbocycles. The first-order valence-corrected chi connectivity index (χ1v) is 10.0. The number of aromatic hydroxyl groups is 1. The van der Waals surface area contributed by atoms with Crippen LogP contribution in [0.15, 0.2) is 24.3 Å². The lowest BCUT2D eigenvalue weighted by molar-refractivity contribution is -0.132. The monoisotopic (exact) mass is 358 g/mol. The van der Waals surface area contributed by atoms with Crippen LogP contribution in [-0.2, 0) is 16.0 Å². The van der Waals surface area contributed by atoms with Gasteiger partial charge in [0.25, 0.3) is 0 Å². The highest BCUT2D eigenvalue weighted by atomic mass is 16.5. The van der Waals surface area contributed by atoms with E-state index in [0.717, 1.165) is 51.1 Å². The molecule has 0 radical (unpaired) electrons. The molecule has 5 nitrogen and oxygen atoms in total. The molecule has 1 N–H and O–H groups in total. The number of piperidine rings is 1. The Labute approximate surface area is 155 Å². The maximum Gasteiger partial charge on any atom is 0.226 e. The maximum absolute atomic E-state index is 12.6. The zero-order chi connectivity index (χ0) is 18.0. The van der Waals surface area contributed by atoms with Gasteiger partial charge in [0.1, 0.15) is 5.75 Å². The van der Waals surface area contributed by atoms with Crippen molar-refractivity contribution >= 4 is 5.91 Å². The highest BCUT2D eigenvalue weighted by Crippen LogP contribution is 2.42. The van der Waals surface area contributed by atoms with Gasteiger partial charge < -0.3 is 19.6 Å². The first-order chi connectivity index (χ1) is 12.6. The Hall–Kier alpha value is -1.59. The fourth-order valence-electron chi connectivity index (χ4n) is 4.75. The Morgan fingerprint density at radius 1 is 1.12 bits per heavy atom. The van der Waals surface area contributed by atoms with E-state index in [1.807, 2.05) is 17.0 Å². The van der Waals surface area contributed by atoms with Crippen LogP contribution in [0.1, 0.15) is 37.7 Å². The molecule has 0 unspecified atom stereocenters. The van der Waals surface area contributed by atoms with E-state index in [2.05, 4.69) is 4.90 Å². The number of phenolic OH excluding ortho intramolecular Hbond substituents is 1. The summed E-state index contributed by atoms with van der Waals surface area (Å²) in [5.41, 5.74) is 1.25. The molecule has 0 bridgehead atoms. The lowest BCUT2D eigenvalue weighted by atomic mass is 9.76. The van der Waals surface area contributed by atoms with Crippen LogP contribution >= 0.6 is 0 Å². The Morgan fingerprint density at radius 3 is 2.50 bits per heavy atom. The smallest absolute Gasteiger partial charge is 0.226 e. The Balaban J connectivity index is 1.25. The third-order valence-electron chi connectivity index (χ3n) is 6.41. The van der Waals surface area contributed by atoms with Gasteiger partial charge in [0.2, 0.25) is 5.91 Å². The van der Waals surface area contributed by atoms with Crippen LogP contribution in [0.2, 0.25) is 0 Å². The summed E-state index contributed by atoms with van der Waals surface area (Å²) in [6, 6.07) is 6.94. The third-order valence-corrected chi connectivity index (χ3v) is 6.41. The molecule has 1 spiro atoms. The van der Waals surface area contributed by atoms with Gasteiger partial charge in [-0.1, -0.05) is 12.1 Å². The summed E-state index contributed by atoms with van der Waals surface area (Å²) in [7, 11) is 0. The molecule has 3 aliphatic rings. The second kappa shape index (κ2) is 7.57. The average Bonchev–Trinajstić information content (AvgIpc) is 3.28. The van der Waals surface area contributed by atoms with Crippen molar-refractivity contribution in [3.05, 3.63) is 29.8 Å². The van der Waals surface area contributed by atoms with Crippen molar-refractivity contribution in [3.63, 3.8) is 0 Å². The van der Waals surface area contributed by atoms with E-state index in [1.54, 1.807) is 12.1 Å². The van der Waals surface area contributed by atoms with Crippen molar-refractivity contribution < 1.29 is 14.6 Å². The number of phenols is 1. The summed E-state index contributed by atoms with van der Waals surface area (Å²) in [5, 5.41) is 9.36. The van der Waals surface area contributed by atoms with E-state index in [9.17, 15) is 9.90 Å². The van der Waals surface area contributed by atoms with Crippen LogP contribution < -0.4 is 0 Å². The molecule has 3 saturated heterocycles. The molecule has 5 heteroatoms. The van der Waals surface area contributed by atoms with Crippen LogP contribution in [0.5, 0.6) is 5.75 Å². The topological polar surface area (TPSA) is 53.0 Å². The number of hydrogen-bond donors (Lipinski definition) is 1. The summed E-state index contributed by atoms with van der Waals surface area (Å²) < 4.78 is 6.14. The summed E-state index contributed by atoms with van der Waals surface area (Å²) >= 11 is 0. The highest BCUT2D eigenvalue weighted by Gasteiger charge is 2.43. The molecule has 1 amide bonds. The number of nitrogens with zero attached hydrogens (tertiary/aromatic N) is 2. The highest BCUT2D eigenvalue weighted by molar-refractivity contribution is 5.78. The van der Waals surface area contributed by atoms with Crippen molar-refractivity contribution in [2.75, 3.05) is 39.3 Å². The predicted octanol–water partition coefficient (Wildman–Crippen LogP) is 2.43. The van der Waals surface area contributed by atoms with E-state index in [4.69, 9.17) is 4.74 Å². The summed E-state index contributed by atoms with van der Waals surface area (Å²) in [4.78, 5) is 17.1. The molecule has 142 valence electrons. The maximum atomic E-state index is 12.6. The minimum Gasteiger partial charge on any atom is -0.508 e. The van der Waals surface area contributed by atoms with Gasteiger partial charge >= 0.3 is 0 Å². The van der Waals surface area contributed by atoms with E-state index < -0.39 is 0 Å². The first-order valence-electron chi connectivity index (χ1n) is 10.0. The second-order valence-corrected chi connectivity index (χ2v) is 8.37. The van der Waals surface area contributed by atoms with Crippen LogP contribution in [0.25, 0.3) is 0 Å². The molecule has 0 aromatic heterocycles. The fourth-order valence-corrected chi connectivity index (χ4v) is 4.75. The van der Waals surface area contributed by atoms with Crippen LogP contribution in [0.3, 0.4) is 0 Å².